The second kappa shape index (κ2) is 7.28. The molecular formula is C16H30N2O. The lowest BCUT2D eigenvalue weighted by Gasteiger charge is -2.39. The summed E-state index contributed by atoms with van der Waals surface area (Å²) in [5, 5.41) is 3.14. The Labute approximate surface area is 118 Å². The second-order valence-corrected chi connectivity index (χ2v) is 6.53. The van der Waals surface area contributed by atoms with Crippen LogP contribution < -0.4 is 5.32 Å². The van der Waals surface area contributed by atoms with E-state index >= 15 is 0 Å². The molecule has 110 valence electrons. The predicted molar refractivity (Wildman–Crippen MR) is 79.0 cm³/mol. The largest absolute Gasteiger partial charge is 0.345 e. The molecule has 1 amide bonds. The Hall–Kier alpha value is -0.570. The van der Waals surface area contributed by atoms with Gasteiger partial charge in [0.05, 0.1) is 0 Å². The molecule has 0 spiro atoms. The maximum atomic E-state index is 12.5. The highest BCUT2D eigenvalue weighted by molar-refractivity contribution is 5.78. The maximum absolute atomic E-state index is 12.5. The first kappa shape index (κ1) is 14.8. The maximum Gasteiger partial charge on any atom is 0.225 e. The van der Waals surface area contributed by atoms with Crippen LogP contribution in [0.1, 0.15) is 51.4 Å². The predicted octanol–water partition coefficient (Wildman–Crippen LogP) is 2.66. The lowest BCUT2D eigenvalue weighted by Crippen LogP contribution is -2.39. The zero-order chi connectivity index (χ0) is 13.7. The van der Waals surface area contributed by atoms with Crippen molar-refractivity contribution in [1.29, 1.82) is 0 Å². The minimum Gasteiger partial charge on any atom is -0.345 e. The fourth-order valence-electron chi connectivity index (χ4n) is 4.01. The standard InChI is InChI=1S/C16H30N2O/c1-17-10-5-11-18(2)16(19)15-9-8-13-6-3-4-7-14(13)12-15/h13-15,17H,3-12H2,1-2H3. The summed E-state index contributed by atoms with van der Waals surface area (Å²) >= 11 is 0. The van der Waals surface area contributed by atoms with Gasteiger partial charge in [-0.25, -0.2) is 0 Å². The average Bonchev–Trinajstić information content (AvgIpc) is 2.46. The molecule has 3 atom stereocenters. The minimum absolute atomic E-state index is 0.318. The van der Waals surface area contributed by atoms with Gasteiger partial charge in [-0.05, 0) is 51.1 Å². The number of nitrogens with zero attached hydrogens (tertiary/aromatic N) is 1. The summed E-state index contributed by atoms with van der Waals surface area (Å²) in [6.07, 6.45) is 10.3. The third kappa shape index (κ3) is 3.95. The van der Waals surface area contributed by atoms with Crippen molar-refractivity contribution in [3.63, 3.8) is 0 Å². The fourth-order valence-corrected chi connectivity index (χ4v) is 4.01. The average molecular weight is 266 g/mol. The zero-order valence-electron chi connectivity index (χ0n) is 12.7. The van der Waals surface area contributed by atoms with Crippen molar-refractivity contribution in [2.24, 2.45) is 17.8 Å². The van der Waals surface area contributed by atoms with E-state index in [9.17, 15) is 4.79 Å². The highest BCUT2D eigenvalue weighted by atomic mass is 16.2. The third-order valence-electron chi connectivity index (χ3n) is 5.19. The Bertz CT molecular complexity index is 292. The summed E-state index contributed by atoms with van der Waals surface area (Å²) in [5.41, 5.74) is 0. The Balaban J connectivity index is 1.79. The van der Waals surface area contributed by atoms with Gasteiger partial charge in [0.1, 0.15) is 0 Å². The summed E-state index contributed by atoms with van der Waals surface area (Å²) in [5.74, 6) is 2.51. The van der Waals surface area contributed by atoms with Gasteiger partial charge in [-0.15, -0.1) is 0 Å². The van der Waals surface area contributed by atoms with Gasteiger partial charge in [-0.2, -0.15) is 0 Å². The Morgan fingerprint density at radius 3 is 2.63 bits per heavy atom. The minimum atomic E-state index is 0.318. The fraction of sp³-hybridized carbons (Fsp3) is 0.938. The van der Waals surface area contributed by atoms with E-state index < -0.39 is 0 Å². The van der Waals surface area contributed by atoms with Gasteiger partial charge in [0.25, 0.3) is 0 Å². The summed E-state index contributed by atoms with van der Waals surface area (Å²) in [4.78, 5) is 14.4. The van der Waals surface area contributed by atoms with Gasteiger partial charge in [-0.3, -0.25) is 4.79 Å². The molecule has 0 radical (unpaired) electrons. The molecule has 3 nitrogen and oxygen atoms in total. The van der Waals surface area contributed by atoms with Crippen LogP contribution in [0.4, 0.5) is 0 Å². The highest BCUT2D eigenvalue weighted by Crippen LogP contribution is 2.43. The molecule has 0 aliphatic heterocycles. The molecule has 0 aromatic carbocycles. The number of carbonyl (C=O) groups is 1. The van der Waals surface area contributed by atoms with E-state index in [1.807, 2.05) is 19.0 Å². The molecule has 2 saturated carbocycles. The Morgan fingerprint density at radius 2 is 1.89 bits per heavy atom. The molecule has 3 heteroatoms. The van der Waals surface area contributed by atoms with Crippen LogP contribution in [0.5, 0.6) is 0 Å². The Morgan fingerprint density at radius 1 is 1.16 bits per heavy atom. The van der Waals surface area contributed by atoms with Crippen LogP contribution in [0, 0.1) is 17.8 Å². The van der Waals surface area contributed by atoms with Gasteiger partial charge >= 0.3 is 0 Å². The molecule has 0 bridgehead atoms. The molecular weight excluding hydrogens is 236 g/mol. The molecule has 0 heterocycles. The number of carbonyl (C=O) groups excluding carboxylic acids is 1. The van der Waals surface area contributed by atoms with Crippen molar-refractivity contribution in [1.82, 2.24) is 10.2 Å². The number of hydrogen-bond donors (Lipinski definition) is 1. The van der Waals surface area contributed by atoms with E-state index in [0.29, 0.717) is 11.8 Å². The van der Waals surface area contributed by atoms with Crippen molar-refractivity contribution < 1.29 is 4.79 Å². The van der Waals surface area contributed by atoms with Gasteiger partial charge in [0.2, 0.25) is 5.91 Å². The molecule has 0 aromatic rings. The first-order valence-corrected chi connectivity index (χ1v) is 8.12. The van der Waals surface area contributed by atoms with Crippen LogP contribution in [0.2, 0.25) is 0 Å². The third-order valence-corrected chi connectivity index (χ3v) is 5.19. The lowest BCUT2D eigenvalue weighted by atomic mass is 9.67. The zero-order valence-corrected chi connectivity index (χ0v) is 12.7. The van der Waals surface area contributed by atoms with Gasteiger partial charge in [0.15, 0.2) is 0 Å². The van der Waals surface area contributed by atoms with E-state index in [1.165, 1.54) is 38.5 Å². The normalized spacial score (nSPS) is 30.7. The second-order valence-electron chi connectivity index (χ2n) is 6.53. The Kier molecular flexibility index (Phi) is 5.68. The van der Waals surface area contributed by atoms with E-state index in [-0.39, 0.29) is 0 Å². The van der Waals surface area contributed by atoms with E-state index in [2.05, 4.69) is 5.32 Å². The quantitative estimate of drug-likeness (QED) is 0.776. The van der Waals surface area contributed by atoms with Crippen LogP contribution in [0.15, 0.2) is 0 Å². The lowest BCUT2D eigenvalue weighted by molar-refractivity contribution is -0.136. The van der Waals surface area contributed by atoms with Crippen LogP contribution in [0.3, 0.4) is 0 Å². The molecule has 0 aromatic heterocycles. The van der Waals surface area contributed by atoms with Gasteiger partial charge < -0.3 is 10.2 Å². The van der Waals surface area contributed by atoms with Crippen molar-refractivity contribution >= 4 is 5.91 Å². The summed E-state index contributed by atoms with van der Waals surface area (Å²) in [7, 11) is 3.94. The van der Waals surface area contributed by atoms with Crippen LogP contribution in [-0.2, 0) is 4.79 Å². The van der Waals surface area contributed by atoms with E-state index in [0.717, 1.165) is 37.8 Å². The van der Waals surface area contributed by atoms with Crippen molar-refractivity contribution in [2.45, 2.75) is 51.4 Å². The first-order valence-electron chi connectivity index (χ1n) is 8.12. The number of rotatable bonds is 5. The number of fused-ring (bicyclic) bond motifs is 1. The summed E-state index contributed by atoms with van der Waals surface area (Å²) in [6.45, 7) is 1.89. The molecule has 2 fully saturated rings. The van der Waals surface area contributed by atoms with Crippen molar-refractivity contribution in [2.75, 3.05) is 27.2 Å². The van der Waals surface area contributed by atoms with E-state index in [4.69, 9.17) is 0 Å². The first-order chi connectivity index (χ1) is 9.22. The number of nitrogens with one attached hydrogen (secondary N) is 1. The topological polar surface area (TPSA) is 32.3 Å². The highest BCUT2D eigenvalue weighted by Gasteiger charge is 2.35. The molecule has 2 aliphatic rings. The molecule has 0 saturated heterocycles. The number of hydrogen-bond acceptors (Lipinski definition) is 2. The SMILES string of the molecule is CNCCCN(C)C(=O)C1CCC2CCCCC2C1. The molecule has 2 rings (SSSR count). The van der Waals surface area contributed by atoms with Crippen LogP contribution >= 0.6 is 0 Å². The summed E-state index contributed by atoms with van der Waals surface area (Å²) < 4.78 is 0. The molecule has 19 heavy (non-hydrogen) atoms. The van der Waals surface area contributed by atoms with Crippen LogP contribution in [0.25, 0.3) is 0 Å². The number of amides is 1. The van der Waals surface area contributed by atoms with Gasteiger partial charge in [-0.1, -0.05) is 25.7 Å². The van der Waals surface area contributed by atoms with Crippen molar-refractivity contribution in [3.8, 4) is 0 Å². The molecule has 1 N–H and O–H groups in total. The van der Waals surface area contributed by atoms with Crippen LogP contribution in [-0.4, -0.2) is 38.0 Å². The smallest absolute Gasteiger partial charge is 0.225 e. The monoisotopic (exact) mass is 266 g/mol. The van der Waals surface area contributed by atoms with Gasteiger partial charge in [0, 0.05) is 19.5 Å². The molecule has 2 aliphatic carbocycles. The summed E-state index contributed by atoms with van der Waals surface area (Å²) in [6, 6.07) is 0. The molecule has 3 unspecified atom stereocenters. The van der Waals surface area contributed by atoms with E-state index in [1.54, 1.807) is 0 Å². The van der Waals surface area contributed by atoms with Crippen molar-refractivity contribution in [3.05, 3.63) is 0 Å².